The lowest BCUT2D eigenvalue weighted by Crippen LogP contribution is -2.29. The molecular weight excluding hydrogens is 351 g/mol. The Balaban J connectivity index is 1.82. The average molecular weight is 365 g/mol. The van der Waals surface area contributed by atoms with Crippen LogP contribution in [0.5, 0.6) is 0 Å². The highest BCUT2D eigenvalue weighted by atomic mass is 32.1. The summed E-state index contributed by atoms with van der Waals surface area (Å²) >= 11 is 1.52. The summed E-state index contributed by atoms with van der Waals surface area (Å²) < 4.78 is 43.3. The Morgan fingerprint density at radius 2 is 1.84 bits per heavy atom. The summed E-state index contributed by atoms with van der Waals surface area (Å²) in [7, 11) is 0. The minimum Gasteiger partial charge on any atom is -0.467 e. The van der Waals surface area contributed by atoms with Crippen molar-refractivity contribution in [1.82, 2.24) is 4.90 Å². The molecule has 0 aliphatic heterocycles. The van der Waals surface area contributed by atoms with E-state index in [1.165, 1.54) is 29.7 Å². The number of alkyl halides is 3. The van der Waals surface area contributed by atoms with Crippen molar-refractivity contribution in [3.63, 3.8) is 0 Å². The molecule has 25 heavy (non-hydrogen) atoms. The summed E-state index contributed by atoms with van der Waals surface area (Å²) in [5, 5.41) is 3.83. The van der Waals surface area contributed by atoms with Crippen molar-refractivity contribution in [1.29, 1.82) is 0 Å². The third-order valence-corrected chi connectivity index (χ3v) is 4.36. The molecule has 0 unspecified atom stereocenters. The smallest absolute Gasteiger partial charge is 0.416 e. The minimum atomic E-state index is -4.42. The van der Waals surface area contributed by atoms with Gasteiger partial charge in [-0.05, 0) is 58.8 Å². The predicted octanol–water partition coefficient (Wildman–Crippen LogP) is 5.20. The fourth-order valence-electron chi connectivity index (χ4n) is 2.38. The van der Waals surface area contributed by atoms with Crippen molar-refractivity contribution in [2.24, 2.45) is 0 Å². The molecule has 1 amide bonds. The second-order valence-electron chi connectivity index (χ2n) is 5.45. The number of halogens is 3. The number of hydrogen-bond donors (Lipinski definition) is 0. The highest BCUT2D eigenvalue weighted by Gasteiger charge is 2.30. The lowest BCUT2D eigenvalue weighted by Gasteiger charge is -2.21. The Kier molecular flexibility index (Phi) is 4.94. The highest BCUT2D eigenvalue weighted by molar-refractivity contribution is 7.07. The van der Waals surface area contributed by atoms with E-state index in [0.717, 1.165) is 17.7 Å². The van der Waals surface area contributed by atoms with Crippen molar-refractivity contribution < 1.29 is 22.4 Å². The van der Waals surface area contributed by atoms with E-state index in [9.17, 15) is 18.0 Å². The van der Waals surface area contributed by atoms with Crippen LogP contribution in [0.3, 0.4) is 0 Å². The van der Waals surface area contributed by atoms with Crippen LogP contribution in [0.1, 0.15) is 27.2 Å². The SMILES string of the molecule is O=C(c1ccc(C(F)(F)F)cc1)N(Cc1ccsc1)Cc1ccco1. The van der Waals surface area contributed by atoms with Gasteiger partial charge in [0, 0.05) is 12.1 Å². The molecular formula is C18H14F3NO2S. The average Bonchev–Trinajstić information content (AvgIpc) is 3.27. The molecule has 0 aliphatic rings. The number of furan rings is 1. The molecule has 130 valence electrons. The summed E-state index contributed by atoms with van der Waals surface area (Å²) in [6.07, 6.45) is -2.91. The van der Waals surface area contributed by atoms with E-state index < -0.39 is 11.7 Å². The van der Waals surface area contributed by atoms with E-state index in [4.69, 9.17) is 4.42 Å². The van der Waals surface area contributed by atoms with Crippen LogP contribution < -0.4 is 0 Å². The normalized spacial score (nSPS) is 11.5. The van der Waals surface area contributed by atoms with Gasteiger partial charge in [-0.15, -0.1) is 0 Å². The number of carbonyl (C=O) groups excluding carboxylic acids is 1. The monoisotopic (exact) mass is 365 g/mol. The molecule has 0 bridgehead atoms. The molecule has 1 aromatic carbocycles. The van der Waals surface area contributed by atoms with E-state index in [1.807, 2.05) is 16.8 Å². The Hall–Kier alpha value is -2.54. The van der Waals surface area contributed by atoms with E-state index in [0.29, 0.717) is 12.3 Å². The number of amides is 1. The number of carbonyl (C=O) groups is 1. The molecule has 2 heterocycles. The molecule has 0 radical (unpaired) electrons. The molecule has 7 heteroatoms. The molecule has 0 spiro atoms. The Bertz CT molecular complexity index is 773. The standard InChI is InChI=1S/C18H14F3NO2S/c19-18(20,21)15-5-3-14(4-6-15)17(23)22(10-13-7-9-25-12-13)11-16-2-1-8-24-16/h1-9,12H,10-11H2. The third kappa shape index (κ3) is 4.30. The van der Waals surface area contributed by atoms with Crippen LogP contribution in [0.25, 0.3) is 0 Å². The van der Waals surface area contributed by atoms with Gasteiger partial charge in [-0.3, -0.25) is 4.79 Å². The maximum Gasteiger partial charge on any atom is 0.416 e. The zero-order valence-electron chi connectivity index (χ0n) is 13.0. The van der Waals surface area contributed by atoms with Gasteiger partial charge in [0.15, 0.2) is 0 Å². The molecule has 0 saturated carbocycles. The first-order valence-corrected chi connectivity index (χ1v) is 8.38. The summed E-state index contributed by atoms with van der Waals surface area (Å²) in [6, 6.07) is 9.62. The zero-order valence-corrected chi connectivity index (χ0v) is 13.8. The quantitative estimate of drug-likeness (QED) is 0.622. The van der Waals surface area contributed by atoms with Gasteiger partial charge in [0.2, 0.25) is 0 Å². The van der Waals surface area contributed by atoms with Crippen molar-refractivity contribution in [3.8, 4) is 0 Å². The molecule has 0 N–H and O–H groups in total. The van der Waals surface area contributed by atoms with E-state index in [2.05, 4.69) is 0 Å². The molecule has 3 rings (SSSR count). The molecule has 0 aliphatic carbocycles. The Morgan fingerprint density at radius 3 is 2.40 bits per heavy atom. The van der Waals surface area contributed by atoms with Crippen LogP contribution in [-0.4, -0.2) is 10.8 Å². The number of hydrogen-bond acceptors (Lipinski definition) is 3. The van der Waals surface area contributed by atoms with E-state index >= 15 is 0 Å². The van der Waals surface area contributed by atoms with Gasteiger partial charge in [-0.2, -0.15) is 24.5 Å². The Labute approximate surface area is 146 Å². The van der Waals surface area contributed by atoms with Gasteiger partial charge >= 0.3 is 6.18 Å². The van der Waals surface area contributed by atoms with E-state index in [-0.39, 0.29) is 18.0 Å². The third-order valence-electron chi connectivity index (χ3n) is 3.63. The fourth-order valence-corrected chi connectivity index (χ4v) is 3.04. The van der Waals surface area contributed by atoms with Crippen molar-refractivity contribution in [2.45, 2.75) is 19.3 Å². The molecule has 2 aromatic heterocycles. The number of thiophene rings is 1. The first-order chi connectivity index (χ1) is 11.9. The molecule has 0 atom stereocenters. The number of nitrogens with zero attached hydrogens (tertiary/aromatic N) is 1. The van der Waals surface area contributed by atoms with Gasteiger partial charge < -0.3 is 9.32 Å². The van der Waals surface area contributed by atoms with Crippen LogP contribution in [0.15, 0.2) is 63.9 Å². The summed E-state index contributed by atoms with van der Waals surface area (Å²) in [6.45, 7) is 0.590. The number of benzene rings is 1. The Morgan fingerprint density at radius 1 is 1.08 bits per heavy atom. The van der Waals surface area contributed by atoms with Crippen LogP contribution >= 0.6 is 11.3 Å². The van der Waals surface area contributed by atoms with Crippen molar-refractivity contribution >= 4 is 17.2 Å². The predicted molar refractivity (Wildman–Crippen MR) is 88.0 cm³/mol. The second kappa shape index (κ2) is 7.14. The van der Waals surface area contributed by atoms with Crippen LogP contribution in [0, 0.1) is 0 Å². The summed E-state index contributed by atoms with van der Waals surface area (Å²) in [5.74, 6) is 0.256. The largest absolute Gasteiger partial charge is 0.467 e. The van der Waals surface area contributed by atoms with Crippen molar-refractivity contribution in [2.75, 3.05) is 0 Å². The van der Waals surface area contributed by atoms with Gasteiger partial charge in [0.05, 0.1) is 18.4 Å². The molecule has 0 fully saturated rings. The molecule has 3 aromatic rings. The highest BCUT2D eigenvalue weighted by Crippen LogP contribution is 2.29. The van der Waals surface area contributed by atoms with Crippen LogP contribution in [0.2, 0.25) is 0 Å². The molecule has 0 saturated heterocycles. The fraction of sp³-hybridized carbons (Fsp3) is 0.167. The van der Waals surface area contributed by atoms with Gasteiger partial charge in [-0.25, -0.2) is 0 Å². The number of rotatable bonds is 5. The lowest BCUT2D eigenvalue weighted by molar-refractivity contribution is -0.137. The minimum absolute atomic E-state index is 0.204. The summed E-state index contributed by atoms with van der Waals surface area (Å²) in [5.41, 5.74) is 0.381. The lowest BCUT2D eigenvalue weighted by atomic mass is 10.1. The van der Waals surface area contributed by atoms with Gasteiger partial charge in [0.25, 0.3) is 5.91 Å². The van der Waals surface area contributed by atoms with Gasteiger partial charge in [0.1, 0.15) is 5.76 Å². The first kappa shape index (κ1) is 17.3. The maximum atomic E-state index is 12.8. The zero-order chi connectivity index (χ0) is 17.9. The van der Waals surface area contributed by atoms with Crippen LogP contribution in [0.4, 0.5) is 13.2 Å². The topological polar surface area (TPSA) is 33.5 Å². The van der Waals surface area contributed by atoms with Crippen molar-refractivity contribution in [3.05, 3.63) is 81.9 Å². The molecule has 3 nitrogen and oxygen atoms in total. The van der Waals surface area contributed by atoms with Gasteiger partial charge in [-0.1, -0.05) is 0 Å². The second-order valence-corrected chi connectivity index (χ2v) is 6.23. The summed E-state index contributed by atoms with van der Waals surface area (Å²) in [4.78, 5) is 14.3. The maximum absolute atomic E-state index is 12.8. The van der Waals surface area contributed by atoms with Crippen LogP contribution in [-0.2, 0) is 19.3 Å². The first-order valence-electron chi connectivity index (χ1n) is 7.43. The van der Waals surface area contributed by atoms with E-state index in [1.54, 1.807) is 17.0 Å².